The second-order valence-electron chi connectivity index (χ2n) is 3.74. The van der Waals surface area contributed by atoms with Gasteiger partial charge in [0.2, 0.25) is 0 Å². The minimum Gasteiger partial charge on any atom is -0.399 e. The standard InChI is InChI=1S/C13H9FN4O/c14-10-3-2-9(16)5-12(10)18-13(19)11-4-1-8(6-15)7-17-11/h1-5,7H,16H2,(H,18,19). The van der Waals surface area contributed by atoms with Gasteiger partial charge in [-0.15, -0.1) is 0 Å². The van der Waals surface area contributed by atoms with E-state index in [1.165, 1.54) is 30.5 Å². The van der Waals surface area contributed by atoms with Crippen LogP contribution in [0.25, 0.3) is 0 Å². The molecule has 6 heteroatoms. The van der Waals surface area contributed by atoms with Crippen molar-refractivity contribution in [1.82, 2.24) is 4.98 Å². The van der Waals surface area contributed by atoms with Crippen molar-refractivity contribution < 1.29 is 9.18 Å². The minimum atomic E-state index is -0.587. The van der Waals surface area contributed by atoms with Crippen molar-refractivity contribution in [2.24, 2.45) is 0 Å². The fourth-order valence-electron chi connectivity index (χ4n) is 1.42. The molecular weight excluding hydrogens is 247 g/mol. The molecule has 0 aliphatic heterocycles. The number of benzene rings is 1. The third-order valence-corrected chi connectivity index (χ3v) is 2.36. The Balaban J connectivity index is 2.21. The molecule has 0 fully saturated rings. The Labute approximate surface area is 108 Å². The molecule has 2 rings (SSSR count). The van der Waals surface area contributed by atoms with E-state index in [0.717, 1.165) is 6.07 Å². The van der Waals surface area contributed by atoms with Crippen LogP contribution in [0.2, 0.25) is 0 Å². The molecule has 1 aromatic heterocycles. The summed E-state index contributed by atoms with van der Waals surface area (Å²) in [5, 5.41) is 11.0. The highest BCUT2D eigenvalue weighted by Crippen LogP contribution is 2.18. The number of nitriles is 1. The van der Waals surface area contributed by atoms with E-state index in [-0.39, 0.29) is 11.4 Å². The zero-order chi connectivity index (χ0) is 13.8. The quantitative estimate of drug-likeness (QED) is 0.803. The number of nitrogen functional groups attached to an aromatic ring is 1. The summed E-state index contributed by atoms with van der Waals surface area (Å²) in [4.78, 5) is 15.6. The minimum absolute atomic E-state index is 0.0174. The number of rotatable bonds is 2. The Kier molecular flexibility index (Phi) is 3.39. The zero-order valence-corrected chi connectivity index (χ0v) is 9.72. The number of carbonyl (C=O) groups is 1. The monoisotopic (exact) mass is 256 g/mol. The van der Waals surface area contributed by atoms with Crippen LogP contribution in [0.1, 0.15) is 16.1 Å². The lowest BCUT2D eigenvalue weighted by Gasteiger charge is -2.06. The van der Waals surface area contributed by atoms with Crippen LogP contribution in [-0.4, -0.2) is 10.9 Å². The predicted molar refractivity (Wildman–Crippen MR) is 67.7 cm³/mol. The number of hydrogen-bond acceptors (Lipinski definition) is 4. The molecule has 0 aliphatic carbocycles. The van der Waals surface area contributed by atoms with E-state index in [0.29, 0.717) is 11.3 Å². The van der Waals surface area contributed by atoms with Gasteiger partial charge >= 0.3 is 0 Å². The van der Waals surface area contributed by atoms with Crippen molar-refractivity contribution in [1.29, 1.82) is 5.26 Å². The second kappa shape index (κ2) is 5.14. The van der Waals surface area contributed by atoms with Crippen LogP contribution in [0, 0.1) is 17.1 Å². The van der Waals surface area contributed by atoms with Crippen LogP contribution >= 0.6 is 0 Å². The maximum Gasteiger partial charge on any atom is 0.274 e. The van der Waals surface area contributed by atoms with E-state index in [4.69, 9.17) is 11.0 Å². The van der Waals surface area contributed by atoms with Gasteiger partial charge in [0.05, 0.1) is 11.3 Å². The van der Waals surface area contributed by atoms with Gasteiger partial charge in [0.25, 0.3) is 5.91 Å². The Bertz CT molecular complexity index is 661. The molecule has 5 nitrogen and oxygen atoms in total. The first-order valence-corrected chi connectivity index (χ1v) is 5.32. The van der Waals surface area contributed by atoms with E-state index in [1.807, 2.05) is 6.07 Å². The van der Waals surface area contributed by atoms with Gasteiger partial charge in [-0.25, -0.2) is 9.37 Å². The first-order valence-electron chi connectivity index (χ1n) is 5.32. The summed E-state index contributed by atoms with van der Waals surface area (Å²) in [5.41, 5.74) is 6.25. The zero-order valence-electron chi connectivity index (χ0n) is 9.72. The Morgan fingerprint density at radius 3 is 2.79 bits per heavy atom. The first kappa shape index (κ1) is 12.5. The third kappa shape index (κ3) is 2.84. The van der Waals surface area contributed by atoms with Gasteiger partial charge in [-0.2, -0.15) is 5.26 Å². The lowest BCUT2D eigenvalue weighted by atomic mass is 10.2. The van der Waals surface area contributed by atoms with E-state index in [2.05, 4.69) is 10.3 Å². The normalized spacial score (nSPS) is 9.68. The molecule has 0 unspecified atom stereocenters. The van der Waals surface area contributed by atoms with E-state index < -0.39 is 11.7 Å². The number of carbonyl (C=O) groups excluding carboxylic acids is 1. The lowest BCUT2D eigenvalue weighted by Crippen LogP contribution is -2.14. The molecule has 0 bridgehead atoms. The molecule has 0 atom stereocenters. The van der Waals surface area contributed by atoms with Crippen molar-refractivity contribution in [3.05, 3.63) is 53.6 Å². The molecule has 1 heterocycles. The SMILES string of the molecule is N#Cc1ccc(C(=O)Nc2cc(N)ccc2F)nc1. The molecule has 0 radical (unpaired) electrons. The fraction of sp³-hybridized carbons (Fsp3) is 0. The molecule has 0 saturated heterocycles. The summed E-state index contributed by atoms with van der Waals surface area (Å²) in [6, 6.07) is 8.61. The number of aromatic nitrogens is 1. The summed E-state index contributed by atoms with van der Waals surface area (Å²) >= 11 is 0. The van der Waals surface area contributed by atoms with Gasteiger partial charge in [-0.05, 0) is 30.3 Å². The van der Waals surface area contributed by atoms with Crippen LogP contribution in [0.15, 0.2) is 36.5 Å². The molecule has 19 heavy (non-hydrogen) atoms. The number of nitrogens with zero attached hydrogens (tertiary/aromatic N) is 2. The van der Waals surface area contributed by atoms with Crippen LogP contribution in [0.5, 0.6) is 0 Å². The van der Waals surface area contributed by atoms with Crippen molar-refractivity contribution >= 4 is 17.3 Å². The molecule has 0 spiro atoms. The molecule has 3 N–H and O–H groups in total. The fourth-order valence-corrected chi connectivity index (χ4v) is 1.42. The number of nitrogens with one attached hydrogen (secondary N) is 1. The van der Waals surface area contributed by atoms with Crippen LogP contribution in [0.3, 0.4) is 0 Å². The maximum atomic E-state index is 13.4. The van der Waals surface area contributed by atoms with Gasteiger partial charge in [0.1, 0.15) is 17.6 Å². The van der Waals surface area contributed by atoms with Crippen LogP contribution in [-0.2, 0) is 0 Å². The number of hydrogen-bond donors (Lipinski definition) is 2. The lowest BCUT2D eigenvalue weighted by molar-refractivity contribution is 0.102. The van der Waals surface area contributed by atoms with E-state index >= 15 is 0 Å². The number of halogens is 1. The molecule has 94 valence electrons. The number of nitrogens with two attached hydrogens (primary N) is 1. The van der Waals surface area contributed by atoms with Crippen molar-refractivity contribution in [2.45, 2.75) is 0 Å². The van der Waals surface area contributed by atoms with Crippen molar-refractivity contribution in [3.8, 4) is 6.07 Å². The third-order valence-electron chi connectivity index (χ3n) is 2.36. The van der Waals surface area contributed by atoms with Crippen LogP contribution < -0.4 is 11.1 Å². The number of pyridine rings is 1. The predicted octanol–water partition coefficient (Wildman–Crippen LogP) is 1.93. The van der Waals surface area contributed by atoms with Crippen molar-refractivity contribution in [3.63, 3.8) is 0 Å². The smallest absolute Gasteiger partial charge is 0.274 e. The number of amides is 1. The van der Waals surface area contributed by atoms with Crippen LogP contribution in [0.4, 0.5) is 15.8 Å². The van der Waals surface area contributed by atoms with Gasteiger partial charge in [0, 0.05) is 11.9 Å². The molecule has 0 saturated carbocycles. The van der Waals surface area contributed by atoms with E-state index in [9.17, 15) is 9.18 Å². The highest BCUT2D eigenvalue weighted by molar-refractivity contribution is 6.03. The topological polar surface area (TPSA) is 91.8 Å². The number of anilines is 2. The molecule has 1 amide bonds. The molecule has 0 aliphatic rings. The molecule has 1 aromatic carbocycles. The highest BCUT2D eigenvalue weighted by atomic mass is 19.1. The molecular formula is C13H9FN4O. The first-order chi connectivity index (χ1) is 9.10. The average molecular weight is 256 g/mol. The van der Waals surface area contributed by atoms with Gasteiger partial charge in [-0.1, -0.05) is 0 Å². The highest BCUT2D eigenvalue weighted by Gasteiger charge is 2.10. The second-order valence-corrected chi connectivity index (χ2v) is 3.74. The Morgan fingerprint density at radius 1 is 1.37 bits per heavy atom. The maximum absolute atomic E-state index is 13.4. The van der Waals surface area contributed by atoms with Gasteiger partial charge in [0.15, 0.2) is 0 Å². The Hall–Kier alpha value is -2.94. The summed E-state index contributed by atoms with van der Waals surface area (Å²) in [5.74, 6) is -1.16. The summed E-state index contributed by atoms with van der Waals surface area (Å²) in [7, 11) is 0. The molecule has 2 aromatic rings. The summed E-state index contributed by atoms with van der Waals surface area (Å²) in [6.07, 6.45) is 1.27. The Morgan fingerprint density at radius 2 is 2.16 bits per heavy atom. The largest absolute Gasteiger partial charge is 0.399 e. The summed E-state index contributed by atoms with van der Waals surface area (Å²) < 4.78 is 13.4. The summed E-state index contributed by atoms with van der Waals surface area (Å²) in [6.45, 7) is 0. The van der Waals surface area contributed by atoms with Gasteiger partial charge in [-0.3, -0.25) is 4.79 Å². The van der Waals surface area contributed by atoms with Gasteiger partial charge < -0.3 is 11.1 Å². The van der Waals surface area contributed by atoms with E-state index in [1.54, 1.807) is 0 Å². The van der Waals surface area contributed by atoms with Crippen molar-refractivity contribution in [2.75, 3.05) is 11.1 Å². The average Bonchev–Trinajstić information content (AvgIpc) is 2.43.